The molecule has 8 nitrogen and oxygen atoms in total. The van der Waals surface area contributed by atoms with Crippen LogP contribution in [-0.2, 0) is 17.8 Å². The number of nitrogens with zero attached hydrogens (tertiary/aromatic N) is 6. The zero-order valence-corrected chi connectivity index (χ0v) is 21.2. The standard InChI is InChI=1S/C27H38N6O2/c1-22(2)29(3)25-16-28-33(19-25)26(34)32-11-9-27(21-32)8-10-31(20-27)18-24-6-4-23(5-7-24)17-30-12-14-35-15-13-30/h4-7,16,19H,1,8-15,17-18,20-21H2,2-3H3. The SMILES string of the molecule is C=C(C)N(C)c1cnn(C(=O)N2CCC3(CCN(Cc4ccc(CN5CCOCC5)cc4)C3)C2)c1. The summed E-state index contributed by atoms with van der Waals surface area (Å²) in [4.78, 5) is 22.0. The van der Waals surface area contributed by atoms with E-state index >= 15 is 0 Å². The number of morpholine rings is 1. The normalized spacial score (nSPS) is 23.3. The van der Waals surface area contributed by atoms with Gasteiger partial charge in [-0.1, -0.05) is 30.8 Å². The average molecular weight is 479 g/mol. The Morgan fingerprint density at radius 1 is 1.03 bits per heavy atom. The highest BCUT2D eigenvalue weighted by atomic mass is 16.5. The first-order valence-electron chi connectivity index (χ1n) is 12.7. The minimum atomic E-state index is -0.0300. The Morgan fingerprint density at radius 2 is 1.69 bits per heavy atom. The topological polar surface area (TPSA) is 57.1 Å². The number of aromatic nitrogens is 2. The summed E-state index contributed by atoms with van der Waals surface area (Å²) in [5.74, 6) is 0. The van der Waals surface area contributed by atoms with E-state index in [2.05, 4.69) is 45.7 Å². The van der Waals surface area contributed by atoms with Crippen LogP contribution in [0.5, 0.6) is 0 Å². The Kier molecular flexibility index (Phi) is 6.95. The molecule has 1 spiro atoms. The minimum absolute atomic E-state index is 0.0300. The molecular formula is C27H38N6O2. The fourth-order valence-electron chi connectivity index (χ4n) is 5.58. The van der Waals surface area contributed by atoms with Crippen molar-refractivity contribution < 1.29 is 9.53 Å². The summed E-state index contributed by atoms with van der Waals surface area (Å²) in [6, 6.07) is 9.08. The first kappa shape index (κ1) is 24.0. The van der Waals surface area contributed by atoms with Crippen LogP contribution in [0, 0.1) is 5.41 Å². The van der Waals surface area contributed by atoms with E-state index in [4.69, 9.17) is 4.74 Å². The number of hydrogen-bond acceptors (Lipinski definition) is 6. The number of allylic oxidation sites excluding steroid dienone is 1. The maximum absolute atomic E-state index is 13.1. The number of likely N-dealkylation sites (tertiary alicyclic amines) is 2. The second-order valence-electron chi connectivity index (χ2n) is 10.6. The number of amides is 1. The van der Waals surface area contributed by atoms with Crippen molar-refractivity contribution in [1.29, 1.82) is 0 Å². The molecular weight excluding hydrogens is 440 g/mol. The van der Waals surface area contributed by atoms with Crippen molar-refractivity contribution >= 4 is 11.7 Å². The van der Waals surface area contributed by atoms with Crippen LogP contribution in [0.2, 0.25) is 0 Å². The van der Waals surface area contributed by atoms with Gasteiger partial charge in [-0.2, -0.15) is 9.78 Å². The second-order valence-corrected chi connectivity index (χ2v) is 10.6. The predicted octanol–water partition coefficient (Wildman–Crippen LogP) is 3.25. The van der Waals surface area contributed by atoms with E-state index in [0.717, 1.165) is 89.8 Å². The quantitative estimate of drug-likeness (QED) is 0.635. The van der Waals surface area contributed by atoms with E-state index in [-0.39, 0.29) is 11.4 Å². The molecule has 8 heteroatoms. The molecule has 1 amide bonds. The summed E-state index contributed by atoms with van der Waals surface area (Å²) in [7, 11) is 1.93. The van der Waals surface area contributed by atoms with Crippen molar-refractivity contribution in [3.63, 3.8) is 0 Å². The van der Waals surface area contributed by atoms with Gasteiger partial charge in [-0.3, -0.25) is 9.80 Å². The van der Waals surface area contributed by atoms with Gasteiger partial charge in [-0.15, -0.1) is 0 Å². The Labute approximate surface area is 208 Å². The molecule has 3 aliphatic heterocycles. The first-order valence-corrected chi connectivity index (χ1v) is 12.7. The largest absolute Gasteiger partial charge is 0.379 e. The highest BCUT2D eigenvalue weighted by Crippen LogP contribution is 2.40. The van der Waals surface area contributed by atoms with E-state index < -0.39 is 0 Å². The van der Waals surface area contributed by atoms with E-state index in [1.807, 2.05) is 23.8 Å². The third-order valence-electron chi connectivity index (χ3n) is 7.89. The van der Waals surface area contributed by atoms with Gasteiger partial charge in [0.2, 0.25) is 0 Å². The first-order chi connectivity index (χ1) is 16.9. The smallest absolute Gasteiger partial charge is 0.344 e. The molecule has 1 unspecified atom stereocenters. The minimum Gasteiger partial charge on any atom is -0.379 e. The Balaban J connectivity index is 1.13. The summed E-state index contributed by atoms with van der Waals surface area (Å²) in [6.07, 6.45) is 5.73. The van der Waals surface area contributed by atoms with Crippen LogP contribution in [-0.4, -0.2) is 90.0 Å². The fraction of sp³-hybridized carbons (Fsp3) is 0.556. The predicted molar refractivity (Wildman–Crippen MR) is 137 cm³/mol. The number of carbonyl (C=O) groups is 1. The molecule has 3 aliphatic rings. The molecule has 1 atom stereocenters. The number of anilines is 1. The van der Waals surface area contributed by atoms with Gasteiger partial charge in [0.25, 0.3) is 0 Å². The molecule has 4 heterocycles. The third kappa shape index (κ3) is 5.44. The molecule has 188 valence electrons. The molecule has 5 rings (SSSR count). The lowest BCUT2D eigenvalue weighted by Crippen LogP contribution is -2.36. The van der Waals surface area contributed by atoms with Gasteiger partial charge in [-0.05, 0) is 37.4 Å². The zero-order valence-electron chi connectivity index (χ0n) is 21.2. The molecule has 35 heavy (non-hydrogen) atoms. The molecule has 1 aromatic carbocycles. The third-order valence-corrected chi connectivity index (χ3v) is 7.89. The van der Waals surface area contributed by atoms with Crippen LogP contribution in [0.15, 0.2) is 48.9 Å². The number of ether oxygens (including phenoxy) is 1. The summed E-state index contributed by atoms with van der Waals surface area (Å²) in [5.41, 5.74) is 4.73. The summed E-state index contributed by atoms with van der Waals surface area (Å²) in [5, 5.41) is 4.32. The Morgan fingerprint density at radius 3 is 2.37 bits per heavy atom. The van der Waals surface area contributed by atoms with Crippen LogP contribution in [0.3, 0.4) is 0 Å². The molecule has 3 saturated heterocycles. The Hall–Kier alpha value is -2.68. The summed E-state index contributed by atoms with van der Waals surface area (Å²) >= 11 is 0. The summed E-state index contributed by atoms with van der Waals surface area (Å²) in [6.45, 7) is 15.3. The van der Waals surface area contributed by atoms with E-state index in [1.165, 1.54) is 15.8 Å². The van der Waals surface area contributed by atoms with Crippen LogP contribution in [0.4, 0.5) is 10.5 Å². The lowest BCUT2D eigenvalue weighted by molar-refractivity contribution is 0.0342. The maximum atomic E-state index is 13.1. The maximum Gasteiger partial charge on any atom is 0.344 e. The number of benzene rings is 1. The van der Waals surface area contributed by atoms with E-state index in [9.17, 15) is 4.79 Å². The van der Waals surface area contributed by atoms with Crippen LogP contribution in [0.25, 0.3) is 0 Å². The molecule has 3 fully saturated rings. The van der Waals surface area contributed by atoms with Crippen LogP contribution >= 0.6 is 0 Å². The van der Waals surface area contributed by atoms with Crippen LogP contribution in [0.1, 0.15) is 30.9 Å². The number of rotatable bonds is 6. The van der Waals surface area contributed by atoms with Gasteiger partial charge in [0.15, 0.2) is 0 Å². The highest BCUT2D eigenvalue weighted by Gasteiger charge is 2.45. The van der Waals surface area contributed by atoms with Crippen molar-refractivity contribution in [3.8, 4) is 0 Å². The molecule has 0 aliphatic carbocycles. The average Bonchev–Trinajstić information content (AvgIpc) is 3.61. The van der Waals surface area contributed by atoms with E-state index in [1.54, 1.807) is 12.4 Å². The Bertz CT molecular complexity index is 1040. The van der Waals surface area contributed by atoms with Gasteiger partial charge in [0.1, 0.15) is 0 Å². The van der Waals surface area contributed by atoms with Crippen LogP contribution < -0.4 is 4.90 Å². The van der Waals surface area contributed by atoms with Gasteiger partial charge in [0.05, 0.1) is 31.3 Å². The summed E-state index contributed by atoms with van der Waals surface area (Å²) < 4.78 is 6.92. The monoisotopic (exact) mass is 478 g/mol. The van der Waals surface area contributed by atoms with Gasteiger partial charge < -0.3 is 14.5 Å². The lowest BCUT2D eigenvalue weighted by Gasteiger charge is -2.26. The van der Waals surface area contributed by atoms with Crippen molar-refractivity contribution in [2.24, 2.45) is 5.41 Å². The number of hydrogen-bond donors (Lipinski definition) is 0. The molecule has 0 radical (unpaired) electrons. The van der Waals surface area contributed by atoms with Gasteiger partial charge in [-0.25, -0.2) is 4.79 Å². The second kappa shape index (κ2) is 10.1. The molecule has 1 aromatic heterocycles. The van der Waals surface area contributed by atoms with Crippen molar-refractivity contribution in [2.75, 3.05) is 64.4 Å². The van der Waals surface area contributed by atoms with Gasteiger partial charge in [0, 0.05) is 64.0 Å². The van der Waals surface area contributed by atoms with Crippen molar-refractivity contribution in [3.05, 3.63) is 60.1 Å². The molecule has 0 saturated carbocycles. The fourth-order valence-corrected chi connectivity index (χ4v) is 5.58. The van der Waals surface area contributed by atoms with E-state index in [0.29, 0.717) is 0 Å². The van der Waals surface area contributed by atoms with Crippen molar-refractivity contribution in [1.82, 2.24) is 24.5 Å². The lowest BCUT2D eigenvalue weighted by atomic mass is 9.86. The molecule has 0 N–H and O–H groups in total. The zero-order chi connectivity index (χ0) is 24.4. The molecule has 0 bridgehead atoms. The molecule has 2 aromatic rings. The van der Waals surface area contributed by atoms with Gasteiger partial charge >= 0.3 is 6.03 Å². The number of carbonyl (C=O) groups excluding carboxylic acids is 1. The highest BCUT2D eigenvalue weighted by molar-refractivity contribution is 5.77. The van der Waals surface area contributed by atoms with Crippen molar-refractivity contribution in [2.45, 2.75) is 32.9 Å².